The van der Waals surface area contributed by atoms with Gasteiger partial charge in [-0.25, -0.2) is 0 Å². The summed E-state index contributed by atoms with van der Waals surface area (Å²) in [6.45, 7) is 0. The highest BCUT2D eigenvalue weighted by Gasteiger charge is 2.25. The zero-order valence-corrected chi connectivity index (χ0v) is 13.1. The molecule has 0 radical (unpaired) electrons. The lowest BCUT2D eigenvalue weighted by molar-refractivity contribution is 0.681. The molecule has 0 aromatic heterocycles. The fourth-order valence-corrected chi connectivity index (χ4v) is 5.77. The first kappa shape index (κ1) is 14.0. The van der Waals surface area contributed by atoms with E-state index in [1.807, 2.05) is 12.1 Å². The van der Waals surface area contributed by atoms with Gasteiger partial charge in [-0.2, -0.15) is 0 Å². The van der Waals surface area contributed by atoms with Gasteiger partial charge in [-0.1, -0.05) is 35.9 Å². The van der Waals surface area contributed by atoms with E-state index in [1.54, 1.807) is 30.0 Å². The van der Waals surface area contributed by atoms with Gasteiger partial charge in [0.15, 0.2) is 0 Å². The van der Waals surface area contributed by atoms with Gasteiger partial charge in [-0.3, -0.25) is 4.21 Å². The Hall–Kier alpha value is -0.970. The summed E-state index contributed by atoms with van der Waals surface area (Å²) >= 11 is 7.91. The maximum atomic E-state index is 12.5. The van der Waals surface area contributed by atoms with Gasteiger partial charge in [0.25, 0.3) is 0 Å². The lowest BCUT2D eigenvalue weighted by Gasteiger charge is -2.11. The molecule has 2 nitrogen and oxygen atoms in total. The van der Waals surface area contributed by atoms with Gasteiger partial charge < -0.3 is 5.73 Å². The van der Waals surface area contributed by atoms with E-state index in [2.05, 4.69) is 12.1 Å². The Morgan fingerprint density at radius 2 is 2.05 bits per heavy atom. The van der Waals surface area contributed by atoms with Crippen molar-refractivity contribution in [1.29, 1.82) is 0 Å². The normalized spacial score (nSPS) is 18.8. The number of fused-ring (bicyclic) bond motifs is 1. The minimum absolute atomic E-state index is 0.323. The quantitative estimate of drug-likeness (QED) is 0.875. The fourth-order valence-electron chi connectivity index (χ4n) is 2.36. The Labute approximate surface area is 130 Å². The molecule has 2 N–H and O–H groups in total. The maximum Gasteiger partial charge on any atom is 0.0803 e. The average molecular weight is 324 g/mol. The van der Waals surface area contributed by atoms with E-state index in [0.29, 0.717) is 26.6 Å². The Morgan fingerprint density at radius 1 is 1.25 bits per heavy atom. The summed E-state index contributed by atoms with van der Waals surface area (Å²) in [6, 6.07) is 13.6. The third-order valence-electron chi connectivity index (χ3n) is 3.28. The third kappa shape index (κ3) is 2.73. The van der Waals surface area contributed by atoms with Crippen molar-refractivity contribution in [3.8, 4) is 0 Å². The monoisotopic (exact) mass is 323 g/mol. The van der Waals surface area contributed by atoms with Crippen LogP contribution in [0.2, 0.25) is 5.02 Å². The van der Waals surface area contributed by atoms with Gasteiger partial charge in [0, 0.05) is 21.6 Å². The van der Waals surface area contributed by atoms with E-state index >= 15 is 0 Å². The summed E-state index contributed by atoms with van der Waals surface area (Å²) in [5, 5.41) is 0.813. The fraction of sp³-hybridized carbons (Fsp3) is 0.200. The van der Waals surface area contributed by atoms with Crippen LogP contribution in [-0.4, -0.2) is 15.2 Å². The Kier molecular flexibility index (Phi) is 4.06. The predicted octanol–water partition coefficient (Wildman–Crippen LogP) is 3.75. The van der Waals surface area contributed by atoms with E-state index in [-0.39, 0.29) is 0 Å². The minimum atomic E-state index is -1.16. The lowest BCUT2D eigenvalue weighted by atomic mass is 10.1. The van der Waals surface area contributed by atoms with E-state index in [0.717, 1.165) is 6.42 Å². The van der Waals surface area contributed by atoms with Gasteiger partial charge in [-0.15, -0.1) is 11.8 Å². The van der Waals surface area contributed by atoms with E-state index < -0.39 is 10.8 Å². The molecule has 5 heteroatoms. The van der Waals surface area contributed by atoms with Crippen molar-refractivity contribution in [2.45, 2.75) is 21.5 Å². The number of rotatable bonds is 3. The summed E-state index contributed by atoms with van der Waals surface area (Å²) in [7, 11) is -1.16. The van der Waals surface area contributed by atoms with E-state index in [9.17, 15) is 4.21 Å². The lowest BCUT2D eigenvalue weighted by Crippen LogP contribution is -2.14. The number of nitrogen functional groups attached to an aromatic ring is 1. The molecule has 0 amide bonds. The number of halogens is 1. The second-order valence-electron chi connectivity index (χ2n) is 4.72. The Balaban J connectivity index is 1.76. The van der Waals surface area contributed by atoms with Crippen LogP contribution in [0.15, 0.2) is 52.3 Å². The molecule has 104 valence electrons. The highest BCUT2D eigenvalue weighted by Crippen LogP contribution is 2.38. The van der Waals surface area contributed by atoms with Crippen LogP contribution >= 0.6 is 23.4 Å². The number of thioether (sulfide) groups is 1. The molecule has 0 fully saturated rings. The molecule has 20 heavy (non-hydrogen) atoms. The van der Waals surface area contributed by atoms with Crippen LogP contribution in [0, 0.1) is 0 Å². The highest BCUT2D eigenvalue weighted by atomic mass is 35.5. The van der Waals surface area contributed by atoms with Gasteiger partial charge in [0.05, 0.1) is 20.7 Å². The number of nitrogens with two attached hydrogens (primary N) is 1. The molecule has 2 aromatic rings. The van der Waals surface area contributed by atoms with Gasteiger partial charge >= 0.3 is 0 Å². The molecular weight excluding hydrogens is 310 g/mol. The van der Waals surface area contributed by atoms with Crippen molar-refractivity contribution in [3.05, 3.63) is 53.1 Å². The molecule has 0 bridgehead atoms. The zero-order chi connectivity index (χ0) is 14.1. The van der Waals surface area contributed by atoms with Crippen LogP contribution in [0.1, 0.15) is 5.56 Å². The zero-order valence-electron chi connectivity index (χ0n) is 10.7. The maximum absolute atomic E-state index is 12.5. The van der Waals surface area contributed by atoms with Crippen LogP contribution < -0.4 is 5.73 Å². The van der Waals surface area contributed by atoms with Crippen molar-refractivity contribution < 1.29 is 4.21 Å². The average Bonchev–Trinajstić information content (AvgIpc) is 2.80. The Bertz CT molecular complexity index is 629. The number of benzene rings is 2. The number of hydrogen-bond donors (Lipinski definition) is 1. The van der Waals surface area contributed by atoms with Crippen molar-refractivity contribution in [2.75, 3.05) is 11.5 Å². The summed E-state index contributed by atoms with van der Waals surface area (Å²) in [6.07, 6.45) is 0.955. The first-order valence-corrected chi connectivity index (χ1v) is 8.89. The predicted molar refractivity (Wildman–Crippen MR) is 86.9 cm³/mol. The molecule has 0 spiro atoms. The van der Waals surface area contributed by atoms with Crippen molar-refractivity contribution in [1.82, 2.24) is 0 Å². The SMILES string of the molecule is Nc1cccc(Cl)c1S(=O)CC1Cc2ccccc2S1. The van der Waals surface area contributed by atoms with Crippen LogP contribution in [0.5, 0.6) is 0 Å². The molecule has 0 aliphatic carbocycles. The van der Waals surface area contributed by atoms with Crippen molar-refractivity contribution in [2.24, 2.45) is 0 Å². The van der Waals surface area contributed by atoms with Crippen LogP contribution in [0.3, 0.4) is 0 Å². The molecule has 1 heterocycles. The van der Waals surface area contributed by atoms with Crippen LogP contribution in [0.4, 0.5) is 5.69 Å². The molecule has 0 saturated heterocycles. The molecule has 2 unspecified atom stereocenters. The smallest absolute Gasteiger partial charge is 0.0803 e. The number of anilines is 1. The van der Waals surface area contributed by atoms with E-state index in [4.69, 9.17) is 17.3 Å². The number of hydrogen-bond acceptors (Lipinski definition) is 3. The van der Waals surface area contributed by atoms with Gasteiger partial charge in [0.2, 0.25) is 0 Å². The highest BCUT2D eigenvalue weighted by molar-refractivity contribution is 8.01. The first-order chi connectivity index (χ1) is 9.65. The second-order valence-corrected chi connectivity index (χ2v) is 7.90. The first-order valence-electron chi connectivity index (χ1n) is 6.32. The van der Waals surface area contributed by atoms with Crippen LogP contribution in [0.25, 0.3) is 0 Å². The summed E-state index contributed by atoms with van der Waals surface area (Å²) in [4.78, 5) is 1.87. The minimum Gasteiger partial charge on any atom is -0.398 e. The Morgan fingerprint density at radius 3 is 2.80 bits per heavy atom. The molecule has 2 aromatic carbocycles. The standard InChI is InChI=1S/C15H14ClNOS2/c16-12-5-3-6-13(17)15(12)20(18)9-11-8-10-4-1-2-7-14(10)19-11/h1-7,11H,8-9,17H2. The molecule has 3 rings (SSSR count). The largest absolute Gasteiger partial charge is 0.398 e. The topological polar surface area (TPSA) is 43.1 Å². The van der Waals surface area contributed by atoms with Gasteiger partial charge in [-0.05, 0) is 30.2 Å². The van der Waals surface area contributed by atoms with Crippen LogP contribution in [-0.2, 0) is 17.2 Å². The van der Waals surface area contributed by atoms with E-state index in [1.165, 1.54) is 10.5 Å². The van der Waals surface area contributed by atoms with Gasteiger partial charge in [0.1, 0.15) is 0 Å². The summed E-state index contributed by atoms with van der Waals surface area (Å²) in [5.41, 5.74) is 7.75. The van der Waals surface area contributed by atoms with Crippen molar-refractivity contribution in [3.63, 3.8) is 0 Å². The molecule has 0 saturated carbocycles. The molecule has 1 aliphatic heterocycles. The second kappa shape index (κ2) is 5.80. The molecular formula is C15H14ClNOS2. The summed E-state index contributed by atoms with van der Waals surface area (Å²) in [5.74, 6) is 0.577. The molecule has 2 atom stereocenters. The third-order valence-corrected chi connectivity index (χ3v) is 6.85. The summed E-state index contributed by atoms with van der Waals surface area (Å²) < 4.78 is 12.5. The van der Waals surface area contributed by atoms with Crippen molar-refractivity contribution >= 4 is 39.8 Å². The molecule has 1 aliphatic rings.